The number of methoxy groups -OCH3 is 1. The van der Waals surface area contributed by atoms with Crippen molar-refractivity contribution in [3.05, 3.63) is 18.2 Å². The third-order valence-electron chi connectivity index (χ3n) is 3.88. The van der Waals surface area contributed by atoms with Gasteiger partial charge in [-0.1, -0.05) is 13.8 Å². The molecule has 21 heavy (non-hydrogen) atoms. The van der Waals surface area contributed by atoms with E-state index in [1.54, 1.807) is 25.3 Å². The van der Waals surface area contributed by atoms with Crippen LogP contribution < -0.4 is 15.8 Å². The lowest BCUT2D eigenvalue weighted by Crippen LogP contribution is -2.46. The summed E-state index contributed by atoms with van der Waals surface area (Å²) in [5, 5.41) is 2.92. The van der Waals surface area contributed by atoms with Gasteiger partial charge in [-0.15, -0.1) is 0 Å². The van der Waals surface area contributed by atoms with Gasteiger partial charge in [0.25, 0.3) is 0 Å². The minimum Gasteiger partial charge on any atom is -0.494 e. The molecule has 0 aliphatic carbocycles. The number of hydrogen-bond donors (Lipinski definition) is 2. The number of anilines is 2. The molecule has 0 spiro atoms. The third kappa shape index (κ3) is 4.36. The largest absolute Gasteiger partial charge is 0.494 e. The van der Waals surface area contributed by atoms with Crippen LogP contribution in [0.25, 0.3) is 0 Å². The van der Waals surface area contributed by atoms with Gasteiger partial charge >= 0.3 is 0 Å². The van der Waals surface area contributed by atoms with Gasteiger partial charge in [-0.3, -0.25) is 9.69 Å². The molecule has 0 saturated carbocycles. The molecule has 5 heteroatoms. The van der Waals surface area contributed by atoms with E-state index in [0.29, 0.717) is 23.2 Å². The van der Waals surface area contributed by atoms with E-state index in [1.807, 2.05) is 6.92 Å². The second-order valence-electron chi connectivity index (χ2n) is 5.21. The fourth-order valence-electron chi connectivity index (χ4n) is 2.40. The van der Waals surface area contributed by atoms with Gasteiger partial charge in [-0.2, -0.15) is 0 Å². The Morgan fingerprint density at radius 2 is 2.05 bits per heavy atom. The summed E-state index contributed by atoms with van der Waals surface area (Å²) in [7, 11) is 1.56. The van der Waals surface area contributed by atoms with Crippen molar-refractivity contribution in [1.82, 2.24) is 4.90 Å². The molecule has 2 unspecified atom stereocenters. The molecule has 1 aromatic rings. The lowest BCUT2D eigenvalue weighted by Gasteiger charge is -2.32. The van der Waals surface area contributed by atoms with Crippen molar-refractivity contribution in [2.45, 2.75) is 46.2 Å². The van der Waals surface area contributed by atoms with Crippen molar-refractivity contribution in [2.24, 2.45) is 0 Å². The van der Waals surface area contributed by atoms with Gasteiger partial charge in [-0.25, -0.2) is 0 Å². The van der Waals surface area contributed by atoms with Gasteiger partial charge in [0.15, 0.2) is 0 Å². The van der Waals surface area contributed by atoms with Crippen LogP contribution in [0.5, 0.6) is 5.75 Å². The van der Waals surface area contributed by atoms with Crippen LogP contribution in [0.4, 0.5) is 11.4 Å². The third-order valence-corrected chi connectivity index (χ3v) is 3.88. The van der Waals surface area contributed by atoms with Crippen LogP contribution in [0, 0.1) is 0 Å². The highest BCUT2D eigenvalue weighted by molar-refractivity contribution is 5.96. The van der Waals surface area contributed by atoms with E-state index >= 15 is 0 Å². The number of nitrogens with two attached hydrogens (primary N) is 1. The molecule has 118 valence electrons. The average molecular weight is 293 g/mol. The normalized spacial score (nSPS) is 13.8. The van der Waals surface area contributed by atoms with Crippen molar-refractivity contribution in [3.63, 3.8) is 0 Å². The molecule has 0 heterocycles. The molecule has 3 N–H and O–H groups in total. The molecular formula is C16H27N3O2. The van der Waals surface area contributed by atoms with Gasteiger partial charge in [0.05, 0.1) is 18.8 Å². The predicted molar refractivity (Wildman–Crippen MR) is 87.6 cm³/mol. The number of amides is 1. The number of hydrogen-bond acceptors (Lipinski definition) is 4. The molecule has 0 bridgehead atoms. The van der Waals surface area contributed by atoms with Gasteiger partial charge < -0.3 is 15.8 Å². The van der Waals surface area contributed by atoms with Crippen LogP contribution in [0.1, 0.15) is 34.1 Å². The summed E-state index contributed by atoms with van der Waals surface area (Å²) < 4.78 is 5.25. The Balaban J connectivity index is 2.85. The van der Waals surface area contributed by atoms with Crippen LogP contribution >= 0.6 is 0 Å². The summed E-state index contributed by atoms with van der Waals surface area (Å²) in [6, 6.07) is 5.37. The molecule has 5 nitrogen and oxygen atoms in total. The second kappa shape index (κ2) is 7.88. The molecule has 1 rings (SSSR count). The van der Waals surface area contributed by atoms with Crippen LogP contribution in [-0.2, 0) is 4.79 Å². The summed E-state index contributed by atoms with van der Waals surface area (Å²) >= 11 is 0. The summed E-state index contributed by atoms with van der Waals surface area (Å²) in [5.41, 5.74) is 6.97. The number of nitrogens with zero attached hydrogens (tertiary/aromatic N) is 1. The lowest BCUT2D eigenvalue weighted by atomic mass is 10.1. The Labute approximate surface area is 127 Å². The first-order valence-electron chi connectivity index (χ1n) is 7.44. The molecule has 0 saturated heterocycles. The number of nitrogen functional groups attached to an aromatic ring is 1. The van der Waals surface area contributed by atoms with Gasteiger partial charge in [0.2, 0.25) is 5.91 Å². The Morgan fingerprint density at radius 1 is 1.38 bits per heavy atom. The lowest BCUT2D eigenvalue weighted by molar-refractivity contribution is -0.121. The topological polar surface area (TPSA) is 67.6 Å². The van der Waals surface area contributed by atoms with E-state index in [-0.39, 0.29) is 11.9 Å². The molecular weight excluding hydrogens is 266 g/mol. The van der Waals surface area contributed by atoms with Crippen LogP contribution in [0.3, 0.4) is 0 Å². The van der Waals surface area contributed by atoms with Crippen molar-refractivity contribution < 1.29 is 9.53 Å². The van der Waals surface area contributed by atoms with E-state index in [4.69, 9.17) is 10.5 Å². The number of ether oxygens (including phenoxy) is 1. The maximum absolute atomic E-state index is 12.4. The molecule has 0 aromatic heterocycles. The Bertz CT molecular complexity index is 477. The number of rotatable bonds is 7. The maximum atomic E-state index is 12.4. The van der Waals surface area contributed by atoms with Crippen molar-refractivity contribution >= 4 is 17.3 Å². The Kier molecular flexibility index (Phi) is 6.49. The predicted octanol–water partition coefficient (Wildman–Crippen LogP) is 2.72. The molecule has 1 amide bonds. The van der Waals surface area contributed by atoms with E-state index in [2.05, 4.69) is 31.0 Å². The van der Waals surface area contributed by atoms with Gasteiger partial charge in [0.1, 0.15) is 5.75 Å². The molecule has 0 aliphatic rings. The Hall–Kier alpha value is -1.75. The molecule has 1 aromatic carbocycles. The smallest absolute Gasteiger partial charge is 0.241 e. The number of carbonyl (C=O) groups is 1. The monoisotopic (exact) mass is 293 g/mol. The highest BCUT2D eigenvalue weighted by Gasteiger charge is 2.24. The van der Waals surface area contributed by atoms with Gasteiger partial charge in [-0.05, 0) is 38.9 Å². The van der Waals surface area contributed by atoms with Crippen LogP contribution in [0.15, 0.2) is 18.2 Å². The highest BCUT2D eigenvalue weighted by Crippen LogP contribution is 2.27. The van der Waals surface area contributed by atoms with Crippen molar-refractivity contribution in [2.75, 3.05) is 24.7 Å². The van der Waals surface area contributed by atoms with Crippen molar-refractivity contribution in [1.29, 1.82) is 0 Å². The molecule has 0 fully saturated rings. The van der Waals surface area contributed by atoms with E-state index < -0.39 is 0 Å². The first-order chi connectivity index (χ1) is 9.94. The SMILES string of the molecule is CCC(C)N(CC)C(C)C(=O)Nc1ccc(N)cc1OC. The summed E-state index contributed by atoms with van der Waals surface area (Å²) in [6.45, 7) is 9.09. The standard InChI is InChI=1S/C16H27N3O2/c1-6-11(3)19(7-2)12(4)16(20)18-14-9-8-13(17)10-15(14)21-5/h8-12H,6-7,17H2,1-5H3,(H,18,20). The van der Waals surface area contributed by atoms with Gasteiger partial charge in [0, 0.05) is 17.8 Å². The average Bonchev–Trinajstić information content (AvgIpc) is 2.49. The van der Waals surface area contributed by atoms with Crippen molar-refractivity contribution in [3.8, 4) is 5.75 Å². The van der Waals surface area contributed by atoms with Crippen LogP contribution in [-0.4, -0.2) is 36.5 Å². The zero-order valence-corrected chi connectivity index (χ0v) is 13.6. The zero-order valence-electron chi connectivity index (χ0n) is 13.6. The zero-order chi connectivity index (χ0) is 16.0. The Morgan fingerprint density at radius 3 is 2.57 bits per heavy atom. The molecule has 0 aliphatic heterocycles. The maximum Gasteiger partial charge on any atom is 0.241 e. The quantitative estimate of drug-likeness (QED) is 0.759. The number of carbonyl (C=O) groups excluding carboxylic acids is 1. The fraction of sp³-hybridized carbons (Fsp3) is 0.562. The van der Waals surface area contributed by atoms with Crippen LogP contribution in [0.2, 0.25) is 0 Å². The summed E-state index contributed by atoms with van der Waals surface area (Å²) in [4.78, 5) is 14.6. The summed E-state index contributed by atoms with van der Waals surface area (Å²) in [5.74, 6) is 0.530. The first-order valence-corrected chi connectivity index (χ1v) is 7.44. The second-order valence-corrected chi connectivity index (χ2v) is 5.21. The minimum atomic E-state index is -0.202. The first kappa shape index (κ1) is 17.3. The molecule has 0 radical (unpaired) electrons. The highest BCUT2D eigenvalue weighted by atomic mass is 16.5. The minimum absolute atomic E-state index is 0.0415. The number of likely N-dealkylation sites (N-methyl/N-ethyl adjacent to an activating group) is 1. The fourth-order valence-corrected chi connectivity index (χ4v) is 2.40. The molecule has 2 atom stereocenters. The van der Waals surface area contributed by atoms with E-state index in [9.17, 15) is 4.79 Å². The summed E-state index contributed by atoms with van der Waals surface area (Å²) in [6.07, 6.45) is 1.01. The number of benzene rings is 1. The number of nitrogens with one attached hydrogen (secondary N) is 1. The van der Waals surface area contributed by atoms with E-state index in [1.165, 1.54) is 0 Å². The van der Waals surface area contributed by atoms with E-state index in [0.717, 1.165) is 13.0 Å².